The predicted octanol–water partition coefficient (Wildman–Crippen LogP) is 2.72. The molecule has 0 fully saturated rings. The van der Waals surface area contributed by atoms with E-state index in [0.717, 1.165) is 17.5 Å². The molecule has 0 aliphatic rings. The van der Waals surface area contributed by atoms with E-state index in [4.69, 9.17) is 0 Å². The molecule has 2 heteroatoms. The van der Waals surface area contributed by atoms with Crippen LogP contribution in [0, 0.1) is 0 Å². The molecule has 0 aliphatic heterocycles. The number of rotatable bonds is 5. The number of ketones is 1. The van der Waals surface area contributed by atoms with Crippen LogP contribution in [0.15, 0.2) is 24.3 Å². The normalized spacial score (nSPS) is 10.1. The number of hydrogen-bond donors (Lipinski definition) is 0. The van der Waals surface area contributed by atoms with Gasteiger partial charge in [0.2, 0.25) is 0 Å². The van der Waals surface area contributed by atoms with Gasteiger partial charge in [0.15, 0.2) is 0 Å². The molecule has 0 aliphatic carbocycles. The number of benzene rings is 1. The number of Topliss-reactive ketones (excluding diaryl/α,β-unsaturated/α-hetero) is 1. The molecule has 0 heterocycles. The Bertz CT molecular complexity index is 307. The number of carbonyl (C=O) groups is 1. The Kier molecular flexibility index (Phi) is 4.30. The molecule has 76 valence electrons. The second-order valence-corrected chi connectivity index (χ2v) is 3.49. The van der Waals surface area contributed by atoms with Gasteiger partial charge in [-0.3, -0.25) is 9.18 Å². The molecule has 14 heavy (non-hydrogen) atoms. The van der Waals surface area contributed by atoms with Crippen molar-refractivity contribution in [1.29, 1.82) is 0 Å². The van der Waals surface area contributed by atoms with Crippen LogP contribution in [-0.4, -0.2) is 12.5 Å². The van der Waals surface area contributed by atoms with Crippen molar-refractivity contribution in [2.24, 2.45) is 0 Å². The van der Waals surface area contributed by atoms with Gasteiger partial charge in [-0.2, -0.15) is 0 Å². The van der Waals surface area contributed by atoms with Gasteiger partial charge in [0, 0.05) is 6.42 Å². The molecule has 0 saturated heterocycles. The molecular weight excluding hydrogens is 179 g/mol. The Labute approximate surface area is 83.9 Å². The molecular formula is C12H15FO. The first-order chi connectivity index (χ1) is 6.72. The molecule has 1 aromatic carbocycles. The van der Waals surface area contributed by atoms with Crippen molar-refractivity contribution in [1.82, 2.24) is 0 Å². The summed E-state index contributed by atoms with van der Waals surface area (Å²) in [5.74, 6) is 0.160. The third-order valence-corrected chi connectivity index (χ3v) is 2.04. The quantitative estimate of drug-likeness (QED) is 0.704. The highest BCUT2D eigenvalue weighted by molar-refractivity contribution is 5.78. The van der Waals surface area contributed by atoms with Gasteiger partial charge in [-0.1, -0.05) is 24.3 Å². The van der Waals surface area contributed by atoms with Crippen LogP contribution in [0.4, 0.5) is 4.39 Å². The van der Waals surface area contributed by atoms with Crippen molar-refractivity contribution < 1.29 is 9.18 Å². The topological polar surface area (TPSA) is 17.1 Å². The fourth-order valence-corrected chi connectivity index (χ4v) is 1.45. The van der Waals surface area contributed by atoms with E-state index in [0.29, 0.717) is 12.8 Å². The van der Waals surface area contributed by atoms with E-state index in [1.54, 1.807) is 6.92 Å². The molecule has 0 unspecified atom stereocenters. The van der Waals surface area contributed by atoms with E-state index in [9.17, 15) is 9.18 Å². The van der Waals surface area contributed by atoms with E-state index < -0.39 is 0 Å². The van der Waals surface area contributed by atoms with Gasteiger partial charge < -0.3 is 0 Å². The summed E-state index contributed by atoms with van der Waals surface area (Å²) in [5, 5.41) is 0. The van der Waals surface area contributed by atoms with E-state index in [-0.39, 0.29) is 12.5 Å². The zero-order valence-corrected chi connectivity index (χ0v) is 8.42. The number of aryl methyl sites for hydroxylation is 1. The van der Waals surface area contributed by atoms with Crippen molar-refractivity contribution in [3.8, 4) is 0 Å². The molecule has 0 aromatic heterocycles. The summed E-state index contributed by atoms with van der Waals surface area (Å²) >= 11 is 0. The summed E-state index contributed by atoms with van der Waals surface area (Å²) in [6, 6.07) is 7.81. The van der Waals surface area contributed by atoms with E-state index in [1.165, 1.54) is 0 Å². The average Bonchev–Trinajstić information content (AvgIpc) is 2.14. The Morgan fingerprint density at radius 1 is 1.36 bits per heavy atom. The van der Waals surface area contributed by atoms with Crippen LogP contribution in [0.5, 0.6) is 0 Å². The van der Waals surface area contributed by atoms with Gasteiger partial charge in [-0.25, -0.2) is 0 Å². The zero-order chi connectivity index (χ0) is 10.4. The maximum absolute atomic E-state index is 11.9. The molecule has 0 radical (unpaired) electrons. The lowest BCUT2D eigenvalue weighted by Crippen LogP contribution is -1.97. The summed E-state index contributed by atoms with van der Waals surface area (Å²) in [7, 11) is 0. The molecule has 0 amide bonds. The fourth-order valence-electron chi connectivity index (χ4n) is 1.45. The minimum absolute atomic E-state index is 0.160. The first-order valence-corrected chi connectivity index (χ1v) is 4.85. The molecule has 0 N–H and O–H groups in total. The lowest BCUT2D eigenvalue weighted by molar-refractivity contribution is -0.116. The predicted molar refractivity (Wildman–Crippen MR) is 55.1 cm³/mol. The summed E-state index contributed by atoms with van der Waals surface area (Å²) < 4.78 is 11.9. The van der Waals surface area contributed by atoms with Gasteiger partial charge in [0.25, 0.3) is 0 Å². The van der Waals surface area contributed by atoms with Crippen molar-refractivity contribution in [3.63, 3.8) is 0 Å². The lowest BCUT2D eigenvalue weighted by Gasteiger charge is -2.02. The van der Waals surface area contributed by atoms with Crippen LogP contribution in [0.2, 0.25) is 0 Å². The maximum Gasteiger partial charge on any atom is 0.134 e. The average molecular weight is 194 g/mol. The highest BCUT2D eigenvalue weighted by Gasteiger charge is 1.99. The van der Waals surface area contributed by atoms with Crippen LogP contribution in [0.25, 0.3) is 0 Å². The van der Waals surface area contributed by atoms with Crippen LogP contribution in [-0.2, 0) is 17.6 Å². The van der Waals surface area contributed by atoms with Crippen LogP contribution < -0.4 is 0 Å². The first-order valence-electron chi connectivity index (χ1n) is 4.85. The van der Waals surface area contributed by atoms with Crippen LogP contribution in [0.1, 0.15) is 24.5 Å². The van der Waals surface area contributed by atoms with Crippen molar-refractivity contribution in [2.75, 3.05) is 6.67 Å². The molecule has 1 rings (SSSR count). The highest BCUT2D eigenvalue weighted by atomic mass is 19.1. The SMILES string of the molecule is CC(=O)Cc1cccc(CCCF)c1. The Morgan fingerprint density at radius 3 is 2.71 bits per heavy atom. The number of hydrogen-bond acceptors (Lipinski definition) is 1. The minimum atomic E-state index is -0.281. The summed E-state index contributed by atoms with van der Waals surface area (Å²) in [6.07, 6.45) is 1.79. The van der Waals surface area contributed by atoms with Crippen molar-refractivity contribution >= 4 is 5.78 Å². The second-order valence-electron chi connectivity index (χ2n) is 3.49. The Morgan fingerprint density at radius 2 is 2.07 bits per heavy atom. The lowest BCUT2D eigenvalue weighted by atomic mass is 10.0. The minimum Gasteiger partial charge on any atom is -0.300 e. The largest absolute Gasteiger partial charge is 0.300 e. The van der Waals surface area contributed by atoms with Crippen LogP contribution in [0.3, 0.4) is 0 Å². The Balaban J connectivity index is 2.63. The maximum atomic E-state index is 11.9. The number of carbonyl (C=O) groups excluding carboxylic acids is 1. The molecule has 0 atom stereocenters. The molecule has 0 bridgehead atoms. The van der Waals surface area contributed by atoms with E-state index in [2.05, 4.69) is 0 Å². The summed E-state index contributed by atoms with van der Waals surface area (Å²) in [6.45, 7) is 1.30. The van der Waals surface area contributed by atoms with Gasteiger partial charge in [-0.05, 0) is 30.9 Å². The zero-order valence-electron chi connectivity index (χ0n) is 8.42. The summed E-state index contributed by atoms with van der Waals surface area (Å²) in [4.78, 5) is 10.9. The standard InChI is InChI=1S/C12H15FO/c1-10(14)8-12-5-2-4-11(9-12)6-3-7-13/h2,4-5,9H,3,6-8H2,1H3. The monoisotopic (exact) mass is 194 g/mol. The first kappa shape index (κ1) is 10.9. The van der Waals surface area contributed by atoms with Gasteiger partial charge in [0.1, 0.15) is 5.78 Å². The molecule has 0 spiro atoms. The highest BCUT2D eigenvalue weighted by Crippen LogP contribution is 2.08. The molecule has 0 saturated carbocycles. The fraction of sp³-hybridized carbons (Fsp3) is 0.417. The summed E-state index contributed by atoms with van der Waals surface area (Å²) in [5.41, 5.74) is 2.13. The van der Waals surface area contributed by atoms with Crippen molar-refractivity contribution in [2.45, 2.75) is 26.2 Å². The van der Waals surface area contributed by atoms with Gasteiger partial charge in [-0.15, -0.1) is 0 Å². The Hall–Kier alpha value is -1.18. The smallest absolute Gasteiger partial charge is 0.134 e. The van der Waals surface area contributed by atoms with E-state index in [1.807, 2.05) is 24.3 Å². The van der Waals surface area contributed by atoms with Crippen LogP contribution >= 0.6 is 0 Å². The van der Waals surface area contributed by atoms with Gasteiger partial charge >= 0.3 is 0 Å². The second kappa shape index (κ2) is 5.53. The molecule has 1 aromatic rings. The third kappa shape index (κ3) is 3.69. The van der Waals surface area contributed by atoms with E-state index >= 15 is 0 Å². The third-order valence-electron chi connectivity index (χ3n) is 2.04. The number of alkyl halides is 1. The number of halogens is 1. The molecule has 1 nitrogen and oxygen atoms in total. The van der Waals surface area contributed by atoms with Crippen molar-refractivity contribution in [3.05, 3.63) is 35.4 Å². The van der Waals surface area contributed by atoms with Gasteiger partial charge in [0.05, 0.1) is 6.67 Å².